The third kappa shape index (κ3) is 4.25. The molecule has 3 aromatic rings. The molecule has 10 heteroatoms. The van der Waals surface area contributed by atoms with Crippen LogP contribution >= 0.6 is 11.6 Å². The van der Waals surface area contributed by atoms with Crippen molar-refractivity contribution in [2.24, 2.45) is 11.8 Å². The molecular weight excluding hydrogens is 546 g/mol. The van der Waals surface area contributed by atoms with Gasteiger partial charge in [0, 0.05) is 40.1 Å². The first-order valence-electron chi connectivity index (χ1n) is 12.9. The number of fused-ring (bicyclic) bond motifs is 3. The van der Waals surface area contributed by atoms with E-state index in [2.05, 4.69) is 0 Å². The van der Waals surface area contributed by atoms with Crippen molar-refractivity contribution in [2.75, 3.05) is 4.90 Å². The van der Waals surface area contributed by atoms with Gasteiger partial charge in [-0.2, -0.15) is 0 Å². The van der Waals surface area contributed by atoms with Crippen LogP contribution in [0.5, 0.6) is 0 Å². The number of hydrogen-bond donors (Lipinski definition) is 0. The van der Waals surface area contributed by atoms with Gasteiger partial charge in [0.25, 0.3) is 5.69 Å². The van der Waals surface area contributed by atoms with Crippen LogP contribution in [-0.4, -0.2) is 45.3 Å². The zero-order valence-electron chi connectivity index (χ0n) is 21.6. The van der Waals surface area contributed by atoms with Crippen LogP contribution in [0.15, 0.2) is 96.7 Å². The van der Waals surface area contributed by atoms with Crippen molar-refractivity contribution in [2.45, 2.75) is 19.0 Å². The second-order valence-electron chi connectivity index (χ2n) is 10.2. The van der Waals surface area contributed by atoms with E-state index in [1.165, 1.54) is 18.2 Å². The van der Waals surface area contributed by atoms with E-state index in [1.54, 1.807) is 84.8 Å². The van der Waals surface area contributed by atoms with Gasteiger partial charge in [0.15, 0.2) is 11.6 Å². The van der Waals surface area contributed by atoms with Crippen LogP contribution in [0.3, 0.4) is 0 Å². The summed E-state index contributed by atoms with van der Waals surface area (Å²) in [5.41, 5.74) is 1.43. The molecule has 6 rings (SSSR count). The van der Waals surface area contributed by atoms with Gasteiger partial charge in [-0.05, 0) is 42.8 Å². The van der Waals surface area contributed by atoms with Crippen LogP contribution in [0.4, 0.5) is 11.4 Å². The van der Waals surface area contributed by atoms with Crippen LogP contribution in [0.2, 0.25) is 5.02 Å². The van der Waals surface area contributed by atoms with Crippen molar-refractivity contribution in [3.05, 3.63) is 129 Å². The topological polar surface area (TPSA) is 118 Å². The number of hydrogen-bond acceptors (Lipinski definition) is 7. The molecule has 2 saturated heterocycles. The summed E-state index contributed by atoms with van der Waals surface area (Å²) >= 11 is 6.03. The maximum atomic E-state index is 14.0. The molecule has 2 fully saturated rings. The van der Waals surface area contributed by atoms with E-state index in [1.807, 2.05) is 0 Å². The van der Waals surface area contributed by atoms with Gasteiger partial charge in [0.1, 0.15) is 6.04 Å². The highest BCUT2D eigenvalue weighted by molar-refractivity contribution is 6.30. The van der Waals surface area contributed by atoms with Crippen LogP contribution in [-0.2, 0) is 9.59 Å². The van der Waals surface area contributed by atoms with Crippen LogP contribution in [0.1, 0.15) is 26.3 Å². The average Bonchev–Trinajstić information content (AvgIpc) is 3.44. The zero-order valence-corrected chi connectivity index (χ0v) is 22.4. The maximum absolute atomic E-state index is 14.0. The number of non-ortho nitro benzene ring substituents is 1. The SMILES string of the molecule is Cc1ccc([N+](=O)[O-])cc1N1C(=O)[C@@H]2[C@H](C1=O)[C@@H](C(=O)c1ccc(Cl)cc1)N1C=CC(C(=O)c3ccccc3)=C[C@H]21. The normalized spacial score (nSPS) is 22.8. The first kappa shape index (κ1) is 26.3. The van der Waals surface area contributed by atoms with Gasteiger partial charge in [0.05, 0.1) is 28.5 Å². The molecule has 204 valence electrons. The molecule has 3 aliphatic rings. The number of amides is 2. The van der Waals surface area contributed by atoms with Gasteiger partial charge in [0.2, 0.25) is 11.8 Å². The Hall–Kier alpha value is -4.89. The van der Waals surface area contributed by atoms with E-state index in [4.69, 9.17) is 11.6 Å². The number of halogens is 1. The Morgan fingerprint density at radius 2 is 1.59 bits per heavy atom. The molecule has 3 aliphatic heterocycles. The number of rotatable bonds is 6. The predicted molar refractivity (Wildman–Crippen MR) is 150 cm³/mol. The number of ketones is 2. The number of carbonyl (C=O) groups excluding carboxylic acids is 4. The number of benzene rings is 3. The highest BCUT2D eigenvalue weighted by Gasteiger charge is 2.63. The van der Waals surface area contributed by atoms with Gasteiger partial charge in [-0.1, -0.05) is 54.1 Å². The maximum Gasteiger partial charge on any atom is 0.271 e. The molecule has 3 aromatic carbocycles. The van der Waals surface area contributed by atoms with E-state index in [-0.39, 0.29) is 22.9 Å². The molecule has 0 unspecified atom stereocenters. The number of nitro benzene ring substituents is 1. The number of aryl methyl sites for hydroxylation is 1. The fourth-order valence-electron chi connectivity index (χ4n) is 5.93. The summed E-state index contributed by atoms with van der Waals surface area (Å²) in [6.07, 6.45) is 4.82. The summed E-state index contributed by atoms with van der Waals surface area (Å²) in [6.45, 7) is 1.65. The molecule has 0 saturated carbocycles. The molecule has 0 aromatic heterocycles. The molecule has 9 nitrogen and oxygen atoms in total. The second-order valence-corrected chi connectivity index (χ2v) is 10.6. The number of allylic oxidation sites excluding steroid dienone is 2. The second kappa shape index (κ2) is 9.94. The fourth-order valence-corrected chi connectivity index (χ4v) is 6.05. The predicted octanol–water partition coefficient (Wildman–Crippen LogP) is 4.93. The first-order valence-corrected chi connectivity index (χ1v) is 13.2. The van der Waals surface area contributed by atoms with Crippen molar-refractivity contribution < 1.29 is 24.1 Å². The smallest absolute Gasteiger partial charge is 0.271 e. The van der Waals surface area contributed by atoms with Crippen LogP contribution in [0, 0.1) is 28.9 Å². The summed E-state index contributed by atoms with van der Waals surface area (Å²) in [6, 6.07) is 17.1. The van der Waals surface area contributed by atoms with Gasteiger partial charge in [-0.25, -0.2) is 4.90 Å². The molecule has 0 bridgehead atoms. The average molecular weight is 568 g/mol. The van der Waals surface area contributed by atoms with E-state index in [0.717, 1.165) is 4.90 Å². The molecule has 0 N–H and O–H groups in total. The highest BCUT2D eigenvalue weighted by Crippen LogP contribution is 2.48. The quantitative estimate of drug-likeness (QED) is 0.179. The number of anilines is 1. The van der Waals surface area contributed by atoms with Crippen LogP contribution < -0.4 is 4.90 Å². The van der Waals surface area contributed by atoms with Crippen molar-refractivity contribution in [3.8, 4) is 0 Å². The molecule has 4 atom stereocenters. The van der Waals surface area contributed by atoms with Gasteiger partial charge < -0.3 is 4.90 Å². The first-order chi connectivity index (χ1) is 19.7. The van der Waals surface area contributed by atoms with E-state index >= 15 is 0 Å². The third-order valence-electron chi connectivity index (χ3n) is 7.89. The summed E-state index contributed by atoms with van der Waals surface area (Å²) in [5, 5.41) is 11.9. The minimum Gasteiger partial charge on any atom is -0.359 e. The van der Waals surface area contributed by atoms with Crippen molar-refractivity contribution >= 4 is 46.4 Å². The standard InChI is InChI=1S/C31H22ClN3O6/c1-17-7-12-22(35(40)41)16-23(17)34-30(38)25-24-15-20(28(36)18-5-3-2-4-6-18)13-14-33(24)27(26(25)31(34)39)29(37)19-8-10-21(32)11-9-19/h2-16,24-27H,1H3/t24-,25+,26+,27+/m1/s1. The third-order valence-corrected chi connectivity index (χ3v) is 8.14. The Bertz CT molecular complexity index is 1700. The fraction of sp³-hybridized carbons (Fsp3) is 0.161. The Balaban J connectivity index is 1.45. The summed E-state index contributed by atoms with van der Waals surface area (Å²) in [7, 11) is 0. The lowest BCUT2D eigenvalue weighted by Crippen LogP contribution is -2.46. The monoisotopic (exact) mass is 567 g/mol. The summed E-state index contributed by atoms with van der Waals surface area (Å²) < 4.78 is 0. The molecule has 41 heavy (non-hydrogen) atoms. The number of nitro groups is 1. The highest BCUT2D eigenvalue weighted by atomic mass is 35.5. The molecule has 3 heterocycles. The molecule has 0 spiro atoms. The Labute approximate surface area is 239 Å². The summed E-state index contributed by atoms with van der Waals surface area (Å²) in [4.78, 5) is 68.8. The molecule has 0 radical (unpaired) electrons. The molecular formula is C31H22ClN3O6. The Morgan fingerprint density at radius 1 is 0.902 bits per heavy atom. The Kier molecular flexibility index (Phi) is 6.38. The lowest BCUT2D eigenvalue weighted by Gasteiger charge is -2.33. The number of nitrogens with zero attached hydrogens (tertiary/aromatic N) is 3. The number of imide groups is 1. The summed E-state index contributed by atoms with van der Waals surface area (Å²) in [5.74, 6) is -3.92. The molecule has 2 amide bonds. The lowest BCUT2D eigenvalue weighted by atomic mass is 9.85. The molecule has 0 aliphatic carbocycles. The minimum atomic E-state index is -1.08. The van der Waals surface area contributed by atoms with Gasteiger partial charge in [-0.3, -0.25) is 29.3 Å². The minimum absolute atomic E-state index is 0.101. The lowest BCUT2D eigenvalue weighted by molar-refractivity contribution is -0.384. The largest absolute Gasteiger partial charge is 0.359 e. The number of carbonyl (C=O) groups is 4. The van der Waals surface area contributed by atoms with Crippen molar-refractivity contribution in [1.29, 1.82) is 0 Å². The van der Waals surface area contributed by atoms with E-state index in [9.17, 15) is 29.3 Å². The van der Waals surface area contributed by atoms with Gasteiger partial charge >= 0.3 is 0 Å². The van der Waals surface area contributed by atoms with E-state index < -0.39 is 40.7 Å². The van der Waals surface area contributed by atoms with Crippen molar-refractivity contribution in [3.63, 3.8) is 0 Å². The van der Waals surface area contributed by atoms with E-state index in [0.29, 0.717) is 27.3 Å². The van der Waals surface area contributed by atoms with Gasteiger partial charge in [-0.15, -0.1) is 0 Å². The Morgan fingerprint density at radius 3 is 2.27 bits per heavy atom. The van der Waals surface area contributed by atoms with Crippen molar-refractivity contribution in [1.82, 2.24) is 4.90 Å². The zero-order chi connectivity index (χ0) is 29.0. The van der Waals surface area contributed by atoms with Crippen LogP contribution in [0.25, 0.3) is 0 Å². The number of Topliss-reactive ketones (excluding diaryl/α,β-unsaturated/α-hetero) is 2.